The molecule has 0 aliphatic carbocycles. The van der Waals surface area contributed by atoms with E-state index in [0.29, 0.717) is 22.2 Å². The Kier molecular flexibility index (Phi) is 5.38. The van der Waals surface area contributed by atoms with Gasteiger partial charge in [-0.05, 0) is 55.8 Å². The third-order valence-electron chi connectivity index (χ3n) is 5.36. The molecule has 1 aliphatic heterocycles. The van der Waals surface area contributed by atoms with Crippen LogP contribution in [0.25, 0.3) is 10.9 Å². The number of rotatable bonds is 4. The molecule has 1 atom stereocenters. The van der Waals surface area contributed by atoms with Crippen LogP contribution in [0.5, 0.6) is 5.75 Å². The Hall–Kier alpha value is -3.07. The number of nitrogen functional groups attached to an aromatic ring is 2. The summed E-state index contributed by atoms with van der Waals surface area (Å²) in [7, 11) is 0. The monoisotopic (exact) mass is 417 g/mol. The number of hydrogen-bond acceptors (Lipinski definition) is 6. The van der Waals surface area contributed by atoms with Crippen LogP contribution in [0, 0.1) is 5.92 Å². The molecule has 0 spiro atoms. The number of piperidine rings is 1. The summed E-state index contributed by atoms with van der Waals surface area (Å²) in [5, 5.41) is 3.84. The quantitative estimate of drug-likeness (QED) is 0.595. The molecule has 1 aromatic heterocycles. The van der Waals surface area contributed by atoms with Crippen molar-refractivity contribution in [2.75, 3.05) is 24.6 Å². The van der Waals surface area contributed by atoms with Gasteiger partial charge in [-0.25, -0.2) is 4.98 Å². The van der Waals surface area contributed by atoms with Crippen molar-refractivity contribution in [3.63, 3.8) is 0 Å². The number of hydrogen-bond donors (Lipinski definition) is 3. The van der Waals surface area contributed by atoms with E-state index in [0.717, 1.165) is 38.1 Å². The predicted octanol–water partition coefficient (Wildman–Crippen LogP) is 3.93. The van der Waals surface area contributed by atoms with Crippen molar-refractivity contribution in [1.29, 1.82) is 0 Å². The van der Waals surface area contributed by atoms with Crippen molar-refractivity contribution in [2.24, 2.45) is 5.92 Å². The van der Waals surface area contributed by atoms with Crippen LogP contribution in [-0.4, -0.2) is 23.1 Å². The summed E-state index contributed by atoms with van der Waals surface area (Å²) < 4.78 is 45.4. The van der Waals surface area contributed by atoms with E-state index in [2.05, 4.69) is 15.3 Å². The van der Waals surface area contributed by atoms with Crippen molar-refractivity contribution in [3.8, 4) is 5.75 Å². The molecule has 9 heteroatoms. The van der Waals surface area contributed by atoms with Gasteiger partial charge in [0.1, 0.15) is 17.7 Å². The molecule has 3 aromatic rings. The number of anilines is 2. The molecule has 6 nitrogen and oxygen atoms in total. The summed E-state index contributed by atoms with van der Waals surface area (Å²) in [5.41, 5.74) is 12.3. The molecule has 2 aromatic carbocycles. The highest BCUT2D eigenvalue weighted by Gasteiger charge is 2.32. The number of ether oxygens (including phenoxy) is 1. The first-order chi connectivity index (χ1) is 14.3. The third-order valence-corrected chi connectivity index (χ3v) is 5.36. The van der Waals surface area contributed by atoms with E-state index < -0.39 is 17.8 Å². The Morgan fingerprint density at radius 3 is 2.37 bits per heavy atom. The standard InChI is InChI=1S/C21H22F3N5O/c22-21(23,24)14-6-4-12(5-7-14)18(13-8-10-27-11-9-13)30-16-3-1-2-15-17(16)19(25)29-20(26)28-15/h1-7,13,18,27H,8-11H2,(H4,25,26,28,29). The topological polar surface area (TPSA) is 99.1 Å². The number of halogens is 3. The van der Waals surface area contributed by atoms with Gasteiger partial charge in [-0.3, -0.25) is 0 Å². The fourth-order valence-electron chi connectivity index (χ4n) is 3.88. The summed E-state index contributed by atoms with van der Waals surface area (Å²) >= 11 is 0. The normalized spacial score (nSPS) is 16.5. The van der Waals surface area contributed by atoms with Crippen LogP contribution in [-0.2, 0) is 6.18 Å². The lowest BCUT2D eigenvalue weighted by molar-refractivity contribution is -0.137. The highest BCUT2D eigenvalue weighted by atomic mass is 19.4. The number of alkyl halides is 3. The molecule has 0 bridgehead atoms. The molecule has 1 fully saturated rings. The van der Waals surface area contributed by atoms with E-state index in [1.165, 1.54) is 12.1 Å². The average molecular weight is 417 g/mol. The second-order valence-electron chi connectivity index (χ2n) is 7.36. The van der Waals surface area contributed by atoms with Gasteiger partial charge in [-0.1, -0.05) is 18.2 Å². The molecular formula is C21H22F3N5O. The SMILES string of the molecule is Nc1nc(N)c2c(OC(c3ccc(C(F)(F)F)cc3)C3CCNCC3)cccc2n1. The minimum atomic E-state index is -4.38. The number of benzene rings is 2. The molecule has 158 valence electrons. The zero-order valence-electron chi connectivity index (χ0n) is 16.1. The summed E-state index contributed by atoms with van der Waals surface area (Å²) in [5.74, 6) is 0.877. The summed E-state index contributed by atoms with van der Waals surface area (Å²) in [6, 6.07) is 10.4. The second kappa shape index (κ2) is 7.98. The largest absolute Gasteiger partial charge is 0.485 e. The summed E-state index contributed by atoms with van der Waals surface area (Å²) in [4.78, 5) is 8.22. The van der Waals surface area contributed by atoms with Gasteiger partial charge in [0.25, 0.3) is 0 Å². The summed E-state index contributed by atoms with van der Waals surface area (Å²) in [6.45, 7) is 1.64. The van der Waals surface area contributed by atoms with Gasteiger partial charge in [0.15, 0.2) is 0 Å². The van der Waals surface area contributed by atoms with Crippen LogP contribution in [0.2, 0.25) is 0 Å². The molecule has 2 heterocycles. The second-order valence-corrected chi connectivity index (χ2v) is 7.36. The molecule has 5 N–H and O–H groups in total. The maximum atomic E-state index is 13.0. The Labute approximate surface area is 171 Å². The van der Waals surface area contributed by atoms with Gasteiger partial charge >= 0.3 is 6.18 Å². The Morgan fingerprint density at radius 1 is 1.00 bits per heavy atom. The lowest BCUT2D eigenvalue weighted by Gasteiger charge is -2.32. The van der Waals surface area contributed by atoms with E-state index in [1.807, 2.05) is 0 Å². The van der Waals surface area contributed by atoms with Gasteiger partial charge in [0, 0.05) is 5.92 Å². The predicted molar refractivity (Wildman–Crippen MR) is 109 cm³/mol. The van der Waals surface area contributed by atoms with Crippen LogP contribution in [0.4, 0.5) is 24.9 Å². The molecule has 0 saturated carbocycles. The molecular weight excluding hydrogens is 395 g/mol. The lowest BCUT2D eigenvalue weighted by atomic mass is 9.87. The van der Waals surface area contributed by atoms with E-state index in [4.69, 9.17) is 16.2 Å². The van der Waals surface area contributed by atoms with Gasteiger partial charge in [-0.2, -0.15) is 18.2 Å². The van der Waals surface area contributed by atoms with Crippen LogP contribution in [0.1, 0.15) is 30.1 Å². The number of aromatic nitrogens is 2. The van der Waals surface area contributed by atoms with Gasteiger partial charge in [-0.15, -0.1) is 0 Å². The zero-order valence-corrected chi connectivity index (χ0v) is 16.1. The number of nitrogens with zero attached hydrogens (tertiary/aromatic N) is 2. The van der Waals surface area contributed by atoms with Crippen LogP contribution in [0.3, 0.4) is 0 Å². The Bertz CT molecular complexity index is 1030. The highest BCUT2D eigenvalue weighted by molar-refractivity contribution is 5.94. The van der Waals surface area contributed by atoms with E-state index in [-0.39, 0.29) is 17.7 Å². The lowest BCUT2D eigenvalue weighted by Crippen LogP contribution is -2.32. The molecule has 0 radical (unpaired) electrons. The van der Waals surface area contributed by atoms with Crippen molar-refractivity contribution < 1.29 is 17.9 Å². The highest BCUT2D eigenvalue weighted by Crippen LogP contribution is 2.38. The van der Waals surface area contributed by atoms with Crippen molar-refractivity contribution >= 4 is 22.7 Å². The molecule has 1 aliphatic rings. The number of fused-ring (bicyclic) bond motifs is 1. The van der Waals surface area contributed by atoms with Crippen LogP contribution in [0.15, 0.2) is 42.5 Å². The van der Waals surface area contributed by atoms with E-state index >= 15 is 0 Å². The molecule has 30 heavy (non-hydrogen) atoms. The maximum absolute atomic E-state index is 13.0. The fraction of sp³-hybridized carbons (Fsp3) is 0.333. The first-order valence-electron chi connectivity index (χ1n) is 9.69. The smallest absolute Gasteiger partial charge is 0.416 e. The Morgan fingerprint density at radius 2 is 1.70 bits per heavy atom. The third kappa shape index (κ3) is 4.11. The maximum Gasteiger partial charge on any atom is 0.416 e. The molecule has 0 amide bonds. The van der Waals surface area contributed by atoms with Crippen molar-refractivity contribution in [1.82, 2.24) is 15.3 Å². The van der Waals surface area contributed by atoms with Crippen molar-refractivity contribution in [3.05, 3.63) is 53.6 Å². The van der Waals surface area contributed by atoms with Gasteiger partial charge < -0.3 is 21.5 Å². The number of nitrogens with two attached hydrogens (primary N) is 2. The number of nitrogens with one attached hydrogen (secondary N) is 1. The summed E-state index contributed by atoms with van der Waals surface area (Å²) in [6.07, 6.45) is -3.13. The minimum Gasteiger partial charge on any atom is -0.485 e. The van der Waals surface area contributed by atoms with Gasteiger partial charge in [0.2, 0.25) is 5.95 Å². The molecule has 1 saturated heterocycles. The van der Waals surface area contributed by atoms with E-state index in [1.54, 1.807) is 18.2 Å². The van der Waals surface area contributed by atoms with Crippen LogP contribution >= 0.6 is 0 Å². The van der Waals surface area contributed by atoms with Crippen molar-refractivity contribution in [2.45, 2.75) is 25.1 Å². The zero-order chi connectivity index (χ0) is 21.3. The average Bonchev–Trinajstić information content (AvgIpc) is 2.72. The molecule has 1 unspecified atom stereocenters. The first-order valence-corrected chi connectivity index (χ1v) is 9.69. The van der Waals surface area contributed by atoms with E-state index in [9.17, 15) is 13.2 Å². The first kappa shape index (κ1) is 20.2. The minimum absolute atomic E-state index is 0.0646. The Balaban J connectivity index is 1.73. The molecule has 4 rings (SSSR count). The van der Waals surface area contributed by atoms with Crippen LogP contribution < -0.4 is 21.5 Å². The fourth-order valence-corrected chi connectivity index (χ4v) is 3.88. The van der Waals surface area contributed by atoms with Gasteiger partial charge in [0.05, 0.1) is 16.5 Å².